The first-order valence-corrected chi connectivity index (χ1v) is 7.63. The van der Waals surface area contributed by atoms with Crippen LogP contribution in [-0.2, 0) is 4.74 Å². The predicted molar refractivity (Wildman–Crippen MR) is 86.2 cm³/mol. The summed E-state index contributed by atoms with van der Waals surface area (Å²) < 4.78 is 5.40. The molecule has 1 aliphatic rings. The van der Waals surface area contributed by atoms with Crippen LogP contribution in [0.4, 0.5) is 10.5 Å². The molecule has 2 rings (SSSR count). The first-order valence-electron chi connectivity index (χ1n) is 7.25. The van der Waals surface area contributed by atoms with E-state index < -0.39 is 5.60 Å². The number of anilines is 1. The van der Waals surface area contributed by atoms with E-state index in [0.717, 1.165) is 29.4 Å². The summed E-state index contributed by atoms with van der Waals surface area (Å²) in [5, 5.41) is 0.780. The fraction of sp³-hybridized carbons (Fsp3) is 0.562. The Morgan fingerprint density at radius 3 is 2.33 bits per heavy atom. The van der Waals surface area contributed by atoms with Crippen LogP contribution in [-0.4, -0.2) is 42.8 Å². The smallest absolute Gasteiger partial charge is 0.410 e. The fourth-order valence-electron chi connectivity index (χ4n) is 2.25. The molecule has 1 fully saturated rings. The van der Waals surface area contributed by atoms with E-state index in [9.17, 15) is 4.79 Å². The number of carbonyl (C=O) groups is 1. The van der Waals surface area contributed by atoms with E-state index in [0.29, 0.717) is 13.1 Å². The van der Waals surface area contributed by atoms with Gasteiger partial charge in [0.05, 0.1) is 0 Å². The van der Waals surface area contributed by atoms with Gasteiger partial charge in [-0.05, 0) is 45.4 Å². The van der Waals surface area contributed by atoms with Gasteiger partial charge in [-0.15, -0.1) is 0 Å². The molecule has 116 valence electrons. The van der Waals surface area contributed by atoms with Gasteiger partial charge in [0.15, 0.2) is 0 Å². The monoisotopic (exact) mass is 310 g/mol. The highest BCUT2D eigenvalue weighted by Gasteiger charge is 2.25. The molecular weight excluding hydrogens is 288 g/mol. The summed E-state index contributed by atoms with van der Waals surface area (Å²) in [4.78, 5) is 16.0. The Morgan fingerprint density at radius 2 is 1.81 bits per heavy atom. The lowest BCUT2D eigenvalue weighted by molar-refractivity contribution is 0.0240. The Hall–Kier alpha value is -1.42. The summed E-state index contributed by atoms with van der Waals surface area (Å²) >= 11 is 6.17. The molecule has 1 saturated heterocycles. The second-order valence-corrected chi connectivity index (χ2v) is 6.80. The van der Waals surface area contributed by atoms with Gasteiger partial charge >= 0.3 is 6.09 Å². The topological polar surface area (TPSA) is 32.8 Å². The summed E-state index contributed by atoms with van der Waals surface area (Å²) in [6.45, 7) is 10.6. The van der Waals surface area contributed by atoms with Crippen molar-refractivity contribution in [1.82, 2.24) is 4.90 Å². The first kappa shape index (κ1) is 16.0. The van der Waals surface area contributed by atoms with E-state index in [-0.39, 0.29) is 6.09 Å². The average Bonchev–Trinajstić information content (AvgIpc) is 2.40. The minimum absolute atomic E-state index is 0.232. The van der Waals surface area contributed by atoms with Crippen molar-refractivity contribution >= 4 is 23.4 Å². The van der Waals surface area contributed by atoms with Crippen molar-refractivity contribution < 1.29 is 9.53 Å². The lowest BCUT2D eigenvalue weighted by Crippen LogP contribution is -2.50. The summed E-state index contributed by atoms with van der Waals surface area (Å²) in [5.41, 5.74) is 1.74. The first-order chi connectivity index (χ1) is 9.76. The SMILES string of the molecule is Cc1ccc(N2CCN(C(=O)OC(C)(C)C)CC2)cc1Cl. The van der Waals surface area contributed by atoms with E-state index >= 15 is 0 Å². The Kier molecular flexibility index (Phi) is 4.67. The Morgan fingerprint density at radius 1 is 1.19 bits per heavy atom. The van der Waals surface area contributed by atoms with Crippen molar-refractivity contribution in [2.45, 2.75) is 33.3 Å². The molecule has 0 spiro atoms. The molecule has 0 N–H and O–H groups in total. The van der Waals surface area contributed by atoms with Crippen LogP contribution in [0.3, 0.4) is 0 Å². The number of hydrogen-bond acceptors (Lipinski definition) is 3. The van der Waals surface area contributed by atoms with E-state index in [4.69, 9.17) is 16.3 Å². The third kappa shape index (κ3) is 4.27. The van der Waals surface area contributed by atoms with Gasteiger partial charge in [-0.2, -0.15) is 0 Å². The molecule has 0 aliphatic carbocycles. The standard InChI is InChI=1S/C16H23ClN2O2/c1-12-5-6-13(11-14(12)17)18-7-9-19(10-8-18)15(20)21-16(2,3)4/h5-6,11H,7-10H2,1-4H3. The zero-order valence-electron chi connectivity index (χ0n) is 13.1. The van der Waals surface area contributed by atoms with E-state index in [1.54, 1.807) is 4.90 Å². The molecule has 1 aromatic carbocycles. The minimum Gasteiger partial charge on any atom is -0.444 e. The largest absolute Gasteiger partial charge is 0.444 e. The Balaban J connectivity index is 1.94. The fourth-order valence-corrected chi connectivity index (χ4v) is 2.43. The lowest BCUT2D eigenvalue weighted by Gasteiger charge is -2.36. The van der Waals surface area contributed by atoms with Crippen molar-refractivity contribution in [3.8, 4) is 0 Å². The molecule has 0 unspecified atom stereocenters. The maximum atomic E-state index is 12.0. The lowest BCUT2D eigenvalue weighted by atomic mass is 10.2. The van der Waals surface area contributed by atoms with Crippen molar-refractivity contribution in [1.29, 1.82) is 0 Å². The number of amides is 1. The second-order valence-electron chi connectivity index (χ2n) is 6.39. The summed E-state index contributed by atoms with van der Waals surface area (Å²) in [7, 11) is 0. The van der Waals surface area contributed by atoms with E-state index in [1.165, 1.54) is 0 Å². The van der Waals surface area contributed by atoms with Gasteiger partial charge < -0.3 is 14.5 Å². The van der Waals surface area contributed by atoms with Crippen LogP contribution in [0, 0.1) is 6.92 Å². The number of halogens is 1. The van der Waals surface area contributed by atoms with Gasteiger partial charge in [-0.1, -0.05) is 17.7 Å². The third-order valence-electron chi connectivity index (χ3n) is 3.45. The highest BCUT2D eigenvalue weighted by molar-refractivity contribution is 6.31. The number of piperazine rings is 1. The molecule has 21 heavy (non-hydrogen) atoms. The molecule has 1 amide bonds. The number of aryl methyl sites for hydroxylation is 1. The molecule has 0 saturated carbocycles. The van der Waals surface area contributed by atoms with Gasteiger partial charge in [0.25, 0.3) is 0 Å². The van der Waals surface area contributed by atoms with Crippen LogP contribution in [0.5, 0.6) is 0 Å². The van der Waals surface area contributed by atoms with Gasteiger partial charge in [0.1, 0.15) is 5.60 Å². The van der Waals surface area contributed by atoms with Gasteiger partial charge in [-0.3, -0.25) is 0 Å². The zero-order chi connectivity index (χ0) is 15.6. The second kappa shape index (κ2) is 6.14. The summed E-state index contributed by atoms with van der Waals surface area (Å²) in [5.74, 6) is 0. The van der Waals surface area contributed by atoms with Gasteiger partial charge in [-0.25, -0.2) is 4.79 Å². The molecule has 0 radical (unpaired) electrons. The summed E-state index contributed by atoms with van der Waals surface area (Å²) in [6, 6.07) is 6.09. The highest BCUT2D eigenvalue weighted by Crippen LogP contribution is 2.24. The van der Waals surface area contributed by atoms with E-state index in [1.807, 2.05) is 39.8 Å². The van der Waals surface area contributed by atoms with E-state index in [2.05, 4.69) is 11.0 Å². The number of nitrogens with zero attached hydrogens (tertiary/aromatic N) is 2. The van der Waals surface area contributed by atoms with Crippen LogP contribution in [0.1, 0.15) is 26.3 Å². The number of hydrogen-bond donors (Lipinski definition) is 0. The molecule has 1 aliphatic heterocycles. The van der Waals surface area contributed by atoms with Crippen LogP contribution in [0.25, 0.3) is 0 Å². The zero-order valence-corrected chi connectivity index (χ0v) is 13.9. The van der Waals surface area contributed by atoms with Crippen molar-refractivity contribution in [3.05, 3.63) is 28.8 Å². The average molecular weight is 311 g/mol. The quantitative estimate of drug-likeness (QED) is 0.793. The van der Waals surface area contributed by atoms with Crippen LogP contribution < -0.4 is 4.90 Å². The molecule has 1 heterocycles. The van der Waals surface area contributed by atoms with Crippen molar-refractivity contribution in [2.24, 2.45) is 0 Å². The van der Waals surface area contributed by atoms with Crippen molar-refractivity contribution in [3.63, 3.8) is 0 Å². The van der Waals surface area contributed by atoms with Crippen molar-refractivity contribution in [2.75, 3.05) is 31.1 Å². The predicted octanol–water partition coefficient (Wildman–Crippen LogP) is 3.71. The molecule has 0 bridgehead atoms. The van der Waals surface area contributed by atoms with Crippen LogP contribution in [0.15, 0.2) is 18.2 Å². The Labute approximate surface area is 131 Å². The summed E-state index contributed by atoms with van der Waals surface area (Å²) in [6.07, 6.45) is -0.232. The molecule has 0 aromatic heterocycles. The number of carbonyl (C=O) groups excluding carboxylic acids is 1. The number of ether oxygens (including phenoxy) is 1. The normalized spacial score (nSPS) is 16.0. The minimum atomic E-state index is -0.446. The molecule has 1 aromatic rings. The molecular formula is C16H23ClN2O2. The van der Waals surface area contributed by atoms with Crippen LogP contribution >= 0.6 is 11.6 Å². The maximum Gasteiger partial charge on any atom is 0.410 e. The number of rotatable bonds is 1. The maximum absolute atomic E-state index is 12.0. The van der Waals surface area contributed by atoms with Gasteiger partial charge in [0.2, 0.25) is 0 Å². The highest BCUT2D eigenvalue weighted by atomic mass is 35.5. The van der Waals surface area contributed by atoms with Gasteiger partial charge in [0, 0.05) is 36.9 Å². The van der Waals surface area contributed by atoms with Crippen LogP contribution in [0.2, 0.25) is 5.02 Å². The molecule has 0 atom stereocenters. The third-order valence-corrected chi connectivity index (χ3v) is 3.86. The number of benzene rings is 1. The molecule has 4 nitrogen and oxygen atoms in total. The Bertz CT molecular complexity index is 517. The molecule has 5 heteroatoms.